The lowest BCUT2D eigenvalue weighted by Gasteiger charge is -2.28. The quantitative estimate of drug-likeness (QED) is 0.929. The molecule has 0 saturated heterocycles. The summed E-state index contributed by atoms with van der Waals surface area (Å²) in [6, 6.07) is 13.3. The van der Waals surface area contributed by atoms with E-state index in [-0.39, 0.29) is 25.0 Å². The first kappa shape index (κ1) is 15.5. The van der Waals surface area contributed by atoms with Gasteiger partial charge < -0.3 is 19.7 Å². The topological polar surface area (TPSA) is 67.9 Å². The zero-order chi connectivity index (χ0) is 17.2. The van der Waals surface area contributed by atoms with Crippen molar-refractivity contribution < 1.29 is 19.1 Å². The molecule has 0 bridgehead atoms. The first-order valence-corrected chi connectivity index (χ1v) is 8.23. The van der Waals surface area contributed by atoms with Gasteiger partial charge in [0.1, 0.15) is 11.5 Å². The van der Waals surface area contributed by atoms with E-state index in [1.807, 2.05) is 17.0 Å². The van der Waals surface area contributed by atoms with Gasteiger partial charge in [0.2, 0.25) is 0 Å². The molecular weight excluding hydrogens is 320 g/mol. The number of carbonyl (C=O) groups excluding carboxylic acids is 2. The van der Waals surface area contributed by atoms with E-state index in [1.165, 1.54) is 11.1 Å². The van der Waals surface area contributed by atoms with Crippen molar-refractivity contribution in [2.45, 2.75) is 13.0 Å². The molecule has 4 rings (SSSR count). The van der Waals surface area contributed by atoms with Gasteiger partial charge in [-0.05, 0) is 29.7 Å². The van der Waals surface area contributed by atoms with Crippen molar-refractivity contribution in [3.8, 4) is 11.5 Å². The highest BCUT2D eigenvalue weighted by molar-refractivity contribution is 5.95. The normalized spacial score (nSPS) is 15.5. The van der Waals surface area contributed by atoms with E-state index in [0.29, 0.717) is 30.3 Å². The molecule has 6 heteroatoms. The zero-order valence-electron chi connectivity index (χ0n) is 13.7. The number of fused-ring (bicyclic) bond motifs is 2. The Labute approximate surface area is 145 Å². The molecule has 0 atom stereocenters. The highest BCUT2D eigenvalue weighted by atomic mass is 16.5. The largest absolute Gasteiger partial charge is 0.484 e. The number of anilines is 1. The van der Waals surface area contributed by atoms with Crippen molar-refractivity contribution in [2.24, 2.45) is 0 Å². The summed E-state index contributed by atoms with van der Waals surface area (Å²) in [5.41, 5.74) is 3.06. The Hall–Kier alpha value is -3.02. The monoisotopic (exact) mass is 338 g/mol. The van der Waals surface area contributed by atoms with Crippen LogP contribution in [0.5, 0.6) is 11.5 Å². The van der Waals surface area contributed by atoms with Gasteiger partial charge >= 0.3 is 0 Å². The Kier molecular flexibility index (Phi) is 4.01. The maximum Gasteiger partial charge on any atom is 0.262 e. The van der Waals surface area contributed by atoms with Crippen LogP contribution in [0.15, 0.2) is 42.5 Å². The van der Waals surface area contributed by atoms with Crippen LogP contribution in [0.4, 0.5) is 5.69 Å². The molecule has 0 aromatic heterocycles. The van der Waals surface area contributed by atoms with Crippen LogP contribution in [-0.4, -0.2) is 36.5 Å². The van der Waals surface area contributed by atoms with Gasteiger partial charge in [0.05, 0.1) is 5.69 Å². The van der Waals surface area contributed by atoms with Gasteiger partial charge in [-0.15, -0.1) is 0 Å². The van der Waals surface area contributed by atoms with Gasteiger partial charge in [0.25, 0.3) is 11.8 Å². The molecule has 2 aromatic carbocycles. The molecule has 2 aromatic rings. The lowest BCUT2D eigenvalue weighted by atomic mass is 10.00. The summed E-state index contributed by atoms with van der Waals surface area (Å²) >= 11 is 0. The second-order valence-electron chi connectivity index (χ2n) is 6.12. The summed E-state index contributed by atoms with van der Waals surface area (Å²) in [6.45, 7) is 1.30. The van der Waals surface area contributed by atoms with Gasteiger partial charge in [0.15, 0.2) is 13.2 Å². The summed E-state index contributed by atoms with van der Waals surface area (Å²) in [7, 11) is 0. The van der Waals surface area contributed by atoms with Crippen LogP contribution in [0.2, 0.25) is 0 Å². The average Bonchev–Trinajstić information content (AvgIpc) is 2.65. The van der Waals surface area contributed by atoms with E-state index >= 15 is 0 Å². The number of nitrogens with zero attached hydrogens (tertiary/aromatic N) is 1. The van der Waals surface area contributed by atoms with Gasteiger partial charge in [-0.3, -0.25) is 9.59 Å². The van der Waals surface area contributed by atoms with Gasteiger partial charge in [-0.1, -0.05) is 24.3 Å². The van der Waals surface area contributed by atoms with Crippen LogP contribution in [0.1, 0.15) is 11.1 Å². The summed E-state index contributed by atoms with van der Waals surface area (Å²) in [4.78, 5) is 25.6. The average molecular weight is 338 g/mol. The Morgan fingerprint density at radius 1 is 1.20 bits per heavy atom. The second-order valence-corrected chi connectivity index (χ2v) is 6.12. The molecule has 0 spiro atoms. The second kappa shape index (κ2) is 6.47. The van der Waals surface area contributed by atoms with E-state index in [1.54, 1.807) is 18.2 Å². The highest BCUT2D eigenvalue weighted by Crippen LogP contribution is 2.31. The van der Waals surface area contributed by atoms with E-state index in [9.17, 15) is 9.59 Å². The summed E-state index contributed by atoms with van der Waals surface area (Å²) < 4.78 is 10.9. The number of rotatable bonds is 3. The third-order valence-corrected chi connectivity index (χ3v) is 4.43. The van der Waals surface area contributed by atoms with Gasteiger partial charge in [-0.25, -0.2) is 0 Å². The Balaban J connectivity index is 1.38. The molecule has 0 unspecified atom stereocenters. The fourth-order valence-corrected chi connectivity index (χ4v) is 3.10. The molecule has 2 aliphatic heterocycles. The first-order chi connectivity index (χ1) is 12.2. The minimum atomic E-state index is -0.201. The first-order valence-electron chi connectivity index (χ1n) is 8.23. The van der Waals surface area contributed by atoms with Crippen LogP contribution < -0.4 is 14.8 Å². The SMILES string of the molecule is O=C1COc2ccc(OCC(=O)N3CCc4ccccc4C3)cc2N1. The van der Waals surface area contributed by atoms with Crippen molar-refractivity contribution in [1.82, 2.24) is 4.90 Å². The van der Waals surface area contributed by atoms with Crippen LogP contribution in [0.3, 0.4) is 0 Å². The number of carbonyl (C=O) groups is 2. The van der Waals surface area contributed by atoms with E-state index < -0.39 is 0 Å². The molecule has 128 valence electrons. The van der Waals surface area contributed by atoms with Crippen LogP contribution in [0, 0.1) is 0 Å². The third-order valence-electron chi connectivity index (χ3n) is 4.43. The molecule has 0 fully saturated rings. The molecular formula is C19H18N2O4. The molecule has 1 N–H and O–H groups in total. The summed E-state index contributed by atoms with van der Waals surface area (Å²) in [5.74, 6) is 0.876. The third kappa shape index (κ3) is 3.28. The minimum Gasteiger partial charge on any atom is -0.484 e. The van der Waals surface area contributed by atoms with Crippen molar-refractivity contribution in [3.63, 3.8) is 0 Å². The predicted octanol–water partition coefficient (Wildman–Crippen LogP) is 1.98. The number of hydrogen-bond donors (Lipinski definition) is 1. The van der Waals surface area contributed by atoms with Crippen LogP contribution in [0.25, 0.3) is 0 Å². The predicted molar refractivity (Wildman–Crippen MR) is 91.6 cm³/mol. The maximum absolute atomic E-state index is 12.4. The van der Waals surface area contributed by atoms with Gasteiger partial charge in [-0.2, -0.15) is 0 Å². The lowest BCUT2D eigenvalue weighted by Crippen LogP contribution is -2.38. The zero-order valence-corrected chi connectivity index (χ0v) is 13.7. The maximum atomic E-state index is 12.4. The smallest absolute Gasteiger partial charge is 0.262 e. The van der Waals surface area contributed by atoms with E-state index in [0.717, 1.165) is 6.42 Å². The Bertz CT molecular complexity index is 834. The fraction of sp³-hybridized carbons (Fsp3) is 0.263. The summed E-state index contributed by atoms with van der Waals surface area (Å²) in [6.07, 6.45) is 0.865. The molecule has 0 saturated carbocycles. The molecule has 2 aliphatic rings. The van der Waals surface area contributed by atoms with Crippen molar-refractivity contribution in [3.05, 3.63) is 53.6 Å². The summed E-state index contributed by atoms with van der Waals surface area (Å²) in [5, 5.41) is 2.72. The van der Waals surface area contributed by atoms with Crippen molar-refractivity contribution >= 4 is 17.5 Å². The molecule has 2 heterocycles. The van der Waals surface area contributed by atoms with Crippen LogP contribution in [-0.2, 0) is 22.6 Å². The lowest BCUT2D eigenvalue weighted by molar-refractivity contribution is -0.134. The van der Waals surface area contributed by atoms with Gasteiger partial charge in [0, 0.05) is 19.2 Å². The number of nitrogens with one attached hydrogen (secondary N) is 1. The Morgan fingerprint density at radius 3 is 2.92 bits per heavy atom. The van der Waals surface area contributed by atoms with E-state index in [4.69, 9.17) is 9.47 Å². The molecule has 0 aliphatic carbocycles. The van der Waals surface area contributed by atoms with Crippen molar-refractivity contribution in [2.75, 3.05) is 25.1 Å². The molecule has 6 nitrogen and oxygen atoms in total. The minimum absolute atomic E-state index is 0.0160. The molecule has 25 heavy (non-hydrogen) atoms. The number of amides is 2. The molecule has 2 amide bonds. The van der Waals surface area contributed by atoms with Crippen molar-refractivity contribution in [1.29, 1.82) is 0 Å². The standard InChI is InChI=1S/C19H18N2O4/c22-18-11-25-17-6-5-15(9-16(17)20-18)24-12-19(23)21-8-7-13-3-1-2-4-14(13)10-21/h1-6,9H,7-8,10-12H2,(H,20,22). The fourth-order valence-electron chi connectivity index (χ4n) is 3.10. The Morgan fingerprint density at radius 2 is 2.04 bits per heavy atom. The number of benzene rings is 2. The number of ether oxygens (including phenoxy) is 2. The van der Waals surface area contributed by atoms with E-state index in [2.05, 4.69) is 17.4 Å². The molecule has 0 radical (unpaired) electrons. The number of hydrogen-bond acceptors (Lipinski definition) is 4. The highest BCUT2D eigenvalue weighted by Gasteiger charge is 2.21. The van der Waals surface area contributed by atoms with Crippen LogP contribution >= 0.6 is 0 Å².